The van der Waals surface area contributed by atoms with Gasteiger partial charge in [0.25, 0.3) is 0 Å². The first-order valence-electron chi connectivity index (χ1n) is 14.4. The Hall–Kier alpha value is -5.83. The molecule has 50 heavy (non-hydrogen) atoms. The summed E-state index contributed by atoms with van der Waals surface area (Å²) in [6.07, 6.45) is 4.67. The maximum Gasteiger partial charge on any atom is 3.00 e. The normalized spacial score (nSPS) is 10.4. The fraction of sp³-hybridized carbons (Fsp3) is 0.0556. The van der Waals surface area contributed by atoms with E-state index in [-0.39, 0.29) is 47.1 Å². The zero-order valence-electron chi connectivity index (χ0n) is 26.6. The van der Waals surface area contributed by atoms with Gasteiger partial charge in [0.15, 0.2) is 5.78 Å². The molecule has 0 fully saturated rings. The van der Waals surface area contributed by atoms with Crippen LogP contribution in [0.15, 0.2) is 127 Å². The van der Waals surface area contributed by atoms with Gasteiger partial charge in [0.05, 0.1) is 32.9 Å². The Bertz CT molecular complexity index is 2170. The molecule has 0 amide bonds. The molecule has 0 unspecified atom stereocenters. The number of hydrogen-bond donors (Lipinski definition) is 0. The van der Waals surface area contributed by atoms with Crippen molar-refractivity contribution in [1.82, 2.24) is 15.0 Å². The molecule has 0 radical (unpaired) electrons. The number of rotatable bonds is 4. The number of allylic oxidation sites excluding steroid dienone is 2. The summed E-state index contributed by atoms with van der Waals surface area (Å²) in [4.78, 5) is 40.5. The molecule has 13 nitrogen and oxygen atoms in total. The van der Waals surface area contributed by atoms with E-state index in [4.69, 9.17) is 35.6 Å². The molecule has 0 bridgehead atoms. The standard InChI is InChI=1S/C31H19N3.C5H8O2.La.2NO3/c1-3-16-32-26(8-1)28-18-23(19-29(34-28)27-9-2-4-17-33-27)24-14-12-22-11-10-20-6-5-7-21-13-15-25(24)31(22)30(20)21;1-4(6)3-5(2)7;;2*2-1(3)4/h1-19H;3,6H,1-2H3;;;/q;;+3;2*-1/p-1/b;4-3-;;;. The van der Waals surface area contributed by atoms with E-state index in [0.29, 0.717) is 0 Å². The molecule has 14 heteroatoms. The molecule has 0 saturated carbocycles. The summed E-state index contributed by atoms with van der Waals surface area (Å²) < 4.78 is 0. The largest absolute Gasteiger partial charge is 3.00 e. The second-order valence-corrected chi connectivity index (χ2v) is 10.3. The summed E-state index contributed by atoms with van der Waals surface area (Å²) in [6.45, 7) is 2.70. The zero-order valence-corrected chi connectivity index (χ0v) is 30.3. The van der Waals surface area contributed by atoms with Crippen LogP contribution in [0.3, 0.4) is 0 Å². The van der Waals surface area contributed by atoms with Gasteiger partial charge in [0, 0.05) is 12.4 Å². The van der Waals surface area contributed by atoms with Crippen molar-refractivity contribution in [2.45, 2.75) is 13.8 Å². The molecule has 0 aliphatic rings. The predicted molar refractivity (Wildman–Crippen MR) is 185 cm³/mol. The van der Waals surface area contributed by atoms with E-state index >= 15 is 0 Å². The van der Waals surface area contributed by atoms with Gasteiger partial charge in [-0.25, -0.2) is 4.98 Å². The fourth-order valence-electron chi connectivity index (χ4n) is 5.25. The molecule has 0 atom stereocenters. The quantitative estimate of drug-likeness (QED) is 0.0575. The molecule has 0 aliphatic heterocycles. The van der Waals surface area contributed by atoms with Crippen LogP contribution in [0.25, 0.3) is 66.2 Å². The van der Waals surface area contributed by atoms with Gasteiger partial charge in [-0.15, -0.1) is 5.76 Å². The van der Waals surface area contributed by atoms with Crippen molar-refractivity contribution in [3.8, 4) is 33.9 Å². The molecule has 0 spiro atoms. The second-order valence-electron chi connectivity index (χ2n) is 10.3. The first-order chi connectivity index (χ1) is 23.4. The van der Waals surface area contributed by atoms with E-state index in [0.717, 1.165) is 34.4 Å². The van der Waals surface area contributed by atoms with Crippen molar-refractivity contribution in [3.63, 3.8) is 0 Å². The van der Waals surface area contributed by atoms with Crippen LogP contribution in [0.5, 0.6) is 0 Å². The summed E-state index contributed by atoms with van der Waals surface area (Å²) in [5.74, 6) is -0.375. The van der Waals surface area contributed by atoms with Crippen molar-refractivity contribution in [3.05, 3.63) is 158 Å². The molecule has 4 aromatic carbocycles. The Balaban J connectivity index is 0.000000360. The van der Waals surface area contributed by atoms with Crippen LogP contribution in [-0.4, -0.2) is 30.9 Å². The molecule has 3 aromatic heterocycles. The maximum atomic E-state index is 9.98. The molecule has 246 valence electrons. The Morgan fingerprint density at radius 2 is 1.08 bits per heavy atom. The van der Waals surface area contributed by atoms with Crippen LogP contribution in [0.4, 0.5) is 0 Å². The van der Waals surface area contributed by atoms with E-state index in [2.05, 4.69) is 76.7 Å². The van der Waals surface area contributed by atoms with Crippen LogP contribution in [0, 0.1) is 66.2 Å². The van der Waals surface area contributed by atoms with Crippen molar-refractivity contribution in [2.24, 2.45) is 0 Å². The number of pyridine rings is 3. The number of aromatic nitrogens is 3. The van der Waals surface area contributed by atoms with E-state index < -0.39 is 10.2 Å². The van der Waals surface area contributed by atoms with Crippen molar-refractivity contribution >= 4 is 38.1 Å². The molecule has 7 aromatic rings. The third-order valence-electron chi connectivity index (χ3n) is 6.93. The topological polar surface area (TPSA) is 211 Å². The van der Waals surface area contributed by atoms with E-state index in [1.807, 2.05) is 36.4 Å². The zero-order chi connectivity index (χ0) is 35.5. The van der Waals surface area contributed by atoms with Gasteiger partial charge in [-0.05, 0) is 92.8 Å². The number of carbonyl (C=O) groups is 1. The predicted octanol–water partition coefficient (Wildman–Crippen LogP) is 7.13. The number of ketones is 1. The molecule has 0 N–H and O–H groups in total. The van der Waals surface area contributed by atoms with Gasteiger partial charge in [0.1, 0.15) is 0 Å². The van der Waals surface area contributed by atoms with E-state index in [1.54, 1.807) is 12.4 Å². The molecule has 3 heterocycles. The number of benzene rings is 4. The van der Waals surface area contributed by atoms with E-state index in [9.17, 15) is 9.90 Å². The molecule has 0 aliphatic carbocycles. The molecular weight excluding hydrogens is 769 g/mol. The minimum absolute atomic E-state index is 0. The number of carbonyl (C=O) groups excluding carboxylic acids is 1. The Labute approximate surface area is 312 Å². The minimum atomic E-state index is -1.75. The Morgan fingerprint density at radius 3 is 1.50 bits per heavy atom. The Kier molecular flexibility index (Phi) is 14.0. The van der Waals surface area contributed by atoms with Gasteiger partial charge < -0.3 is 35.7 Å². The second kappa shape index (κ2) is 18.1. The summed E-state index contributed by atoms with van der Waals surface area (Å²) in [5, 5.41) is 47.1. The Morgan fingerprint density at radius 1 is 0.620 bits per heavy atom. The number of hydrogen-bond acceptors (Lipinski definition) is 11. The van der Waals surface area contributed by atoms with E-state index in [1.165, 1.54) is 51.7 Å². The summed E-state index contributed by atoms with van der Waals surface area (Å²) in [6, 6.07) is 36.0. The van der Waals surface area contributed by atoms with Crippen molar-refractivity contribution < 1.29 is 55.7 Å². The van der Waals surface area contributed by atoms with Gasteiger partial charge in [0.2, 0.25) is 0 Å². The average Bonchev–Trinajstić information content (AvgIpc) is 3.07. The first kappa shape index (κ1) is 38.6. The SMILES string of the molecule is CC(=O)/C=C(/C)[O-].O=[N+]([O-])[O-].O=[N+]([O-])[O-].[La+3].c1ccc(-c2cc(-c3ccc4ccc5cccc6ccc3c4c56)cc(-c3ccccn3)n2)nc1. The average molecular weight is 796 g/mol. The smallest absolute Gasteiger partial charge is 0.876 e. The summed E-state index contributed by atoms with van der Waals surface area (Å²) in [7, 11) is 0. The first-order valence-corrected chi connectivity index (χ1v) is 14.4. The minimum Gasteiger partial charge on any atom is -0.876 e. The molecular formula is C36H26LaN5O8. The van der Waals surface area contributed by atoms with Crippen molar-refractivity contribution in [1.29, 1.82) is 0 Å². The summed E-state index contributed by atoms with van der Waals surface area (Å²) >= 11 is 0. The molecule has 0 saturated heterocycles. The maximum absolute atomic E-state index is 9.98. The van der Waals surface area contributed by atoms with Crippen molar-refractivity contribution in [2.75, 3.05) is 0 Å². The molecule has 7 rings (SSSR count). The van der Waals surface area contributed by atoms with Gasteiger partial charge in [-0.3, -0.25) is 14.8 Å². The van der Waals surface area contributed by atoms with Crippen LogP contribution in [0.2, 0.25) is 0 Å². The fourth-order valence-corrected chi connectivity index (χ4v) is 5.25. The third kappa shape index (κ3) is 10.3. The monoisotopic (exact) mass is 795 g/mol. The summed E-state index contributed by atoms with van der Waals surface area (Å²) in [5.41, 5.74) is 5.66. The number of nitrogens with zero attached hydrogens (tertiary/aromatic N) is 5. The van der Waals surface area contributed by atoms with Crippen LogP contribution in [0.1, 0.15) is 13.8 Å². The van der Waals surface area contributed by atoms with Crippen LogP contribution in [-0.2, 0) is 4.79 Å². The van der Waals surface area contributed by atoms with Gasteiger partial charge in [-0.1, -0.05) is 73.7 Å². The third-order valence-corrected chi connectivity index (χ3v) is 6.93. The van der Waals surface area contributed by atoms with Crippen LogP contribution < -0.4 is 5.11 Å². The van der Waals surface area contributed by atoms with Gasteiger partial charge in [-0.2, -0.15) is 0 Å². The van der Waals surface area contributed by atoms with Crippen LogP contribution >= 0.6 is 0 Å². The van der Waals surface area contributed by atoms with Gasteiger partial charge >= 0.3 is 35.6 Å².